The topological polar surface area (TPSA) is 64.4 Å². The SMILES string of the molecule is CCC(CC)NCCOc1ccc([N+](=O)[O-])cc1. The van der Waals surface area contributed by atoms with Gasteiger partial charge in [-0.15, -0.1) is 0 Å². The van der Waals surface area contributed by atoms with Gasteiger partial charge in [-0.3, -0.25) is 10.1 Å². The van der Waals surface area contributed by atoms with E-state index >= 15 is 0 Å². The van der Waals surface area contributed by atoms with Crippen molar-refractivity contribution in [3.8, 4) is 5.75 Å². The summed E-state index contributed by atoms with van der Waals surface area (Å²) in [5.41, 5.74) is 0.0810. The number of benzene rings is 1. The molecule has 0 amide bonds. The van der Waals surface area contributed by atoms with Crippen LogP contribution in [-0.2, 0) is 0 Å². The van der Waals surface area contributed by atoms with E-state index in [0.717, 1.165) is 19.4 Å². The van der Waals surface area contributed by atoms with Crippen LogP contribution < -0.4 is 10.1 Å². The molecule has 0 unspecified atom stereocenters. The molecule has 18 heavy (non-hydrogen) atoms. The highest BCUT2D eigenvalue weighted by molar-refractivity contribution is 5.35. The van der Waals surface area contributed by atoms with Gasteiger partial charge in [0.1, 0.15) is 12.4 Å². The molecule has 100 valence electrons. The first-order chi connectivity index (χ1) is 8.67. The van der Waals surface area contributed by atoms with Crippen LogP contribution in [0.25, 0.3) is 0 Å². The standard InChI is InChI=1S/C13H20N2O3/c1-3-11(4-2)14-9-10-18-13-7-5-12(6-8-13)15(16)17/h5-8,11,14H,3-4,9-10H2,1-2H3. The lowest BCUT2D eigenvalue weighted by atomic mass is 10.2. The summed E-state index contributed by atoms with van der Waals surface area (Å²) in [6.07, 6.45) is 2.21. The van der Waals surface area contributed by atoms with Gasteiger partial charge in [0.2, 0.25) is 0 Å². The van der Waals surface area contributed by atoms with Crippen LogP contribution in [0.15, 0.2) is 24.3 Å². The number of ether oxygens (including phenoxy) is 1. The molecule has 1 N–H and O–H groups in total. The molecule has 0 bridgehead atoms. The highest BCUT2D eigenvalue weighted by Crippen LogP contribution is 2.16. The van der Waals surface area contributed by atoms with Crippen molar-refractivity contribution in [1.29, 1.82) is 0 Å². The number of hydrogen-bond donors (Lipinski definition) is 1. The number of non-ortho nitro benzene ring substituents is 1. The zero-order valence-electron chi connectivity index (χ0n) is 10.9. The predicted molar refractivity (Wildman–Crippen MR) is 71.0 cm³/mol. The van der Waals surface area contributed by atoms with E-state index < -0.39 is 4.92 Å². The zero-order valence-corrected chi connectivity index (χ0v) is 10.9. The maximum atomic E-state index is 10.5. The summed E-state index contributed by atoms with van der Waals surface area (Å²) in [4.78, 5) is 10.1. The molecule has 1 aromatic rings. The van der Waals surface area contributed by atoms with E-state index in [1.165, 1.54) is 12.1 Å². The van der Waals surface area contributed by atoms with Crippen LogP contribution in [-0.4, -0.2) is 24.1 Å². The van der Waals surface area contributed by atoms with Gasteiger partial charge in [-0.25, -0.2) is 0 Å². The fourth-order valence-electron chi connectivity index (χ4n) is 1.67. The van der Waals surface area contributed by atoms with E-state index in [0.29, 0.717) is 18.4 Å². The third-order valence-corrected chi connectivity index (χ3v) is 2.84. The van der Waals surface area contributed by atoms with Crippen molar-refractivity contribution in [2.24, 2.45) is 0 Å². The Kier molecular flexibility index (Phi) is 6.14. The molecule has 0 aliphatic carbocycles. The van der Waals surface area contributed by atoms with Crippen molar-refractivity contribution in [2.45, 2.75) is 32.7 Å². The zero-order chi connectivity index (χ0) is 13.4. The summed E-state index contributed by atoms with van der Waals surface area (Å²) >= 11 is 0. The molecule has 0 spiro atoms. The second kappa shape index (κ2) is 7.66. The molecule has 0 saturated carbocycles. The molecule has 0 aliphatic heterocycles. The fraction of sp³-hybridized carbons (Fsp3) is 0.538. The summed E-state index contributed by atoms with van der Waals surface area (Å²) in [6.45, 7) is 5.65. The van der Waals surface area contributed by atoms with Gasteiger partial charge in [0.15, 0.2) is 0 Å². The van der Waals surface area contributed by atoms with Crippen molar-refractivity contribution in [3.05, 3.63) is 34.4 Å². The predicted octanol–water partition coefficient (Wildman–Crippen LogP) is 2.75. The molecule has 0 saturated heterocycles. The molecule has 0 atom stereocenters. The number of nitrogens with one attached hydrogen (secondary N) is 1. The van der Waals surface area contributed by atoms with Crippen LogP contribution in [0.3, 0.4) is 0 Å². The highest BCUT2D eigenvalue weighted by Gasteiger charge is 2.04. The summed E-state index contributed by atoms with van der Waals surface area (Å²) in [5.74, 6) is 0.659. The molecule has 0 aromatic heterocycles. The van der Waals surface area contributed by atoms with E-state index in [-0.39, 0.29) is 5.69 Å². The number of nitrogens with zero attached hydrogens (tertiary/aromatic N) is 1. The van der Waals surface area contributed by atoms with Crippen LogP contribution in [0.4, 0.5) is 5.69 Å². The van der Waals surface area contributed by atoms with Crippen LogP contribution in [0.2, 0.25) is 0 Å². The summed E-state index contributed by atoms with van der Waals surface area (Å²) in [5, 5.41) is 13.9. The lowest BCUT2D eigenvalue weighted by Gasteiger charge is -2.14. The van der Waals surface area contributed by atoms with E-state index in [1.54, 1.807) is 12.1 Å². The molecular formula is C13H20N2O3. The van der Waals surface area contributed by atoms with Crippen molar-refractivity contribution >= 4 is 5.69 Å². The number of nitro benzene ring substituents is 1. The summed E-state index contributed by atoms with van der Waals surface area (Å²) < 4.78 is 5.50. The fourth-order valence-corrected chi connectivity index (χ4v) is 1.67. The van der Waals surface area contributed by atoms with Crippen LogP contribution in [0.5, 0.6) is 5.75 Å². The summed E-state index contributed by atoms with van der Waals surface area (Å²) in [6, 6.07) is 6.67. The van der Waals surface area contributed by atoms with Crippen molar-refractivity contribution in [1.82, 2.24) is 5.32 Å². The minimum atomic E-state index is -0.418. The maximum absolute atomic E-state index is 10.5. The Hall–Kier alpha value is -1.62. The minimum absolute atomic E-state index is 0.0810. The molecule has 0 fully saturated rings. The van der Waals surface area contributed by atoms with E-state index in [2.05, 4.69) is 19.2 Å². The molecule has 5 heteroatoms. The average Bonchev–Trinajstić information content (AvgIpc) is 2.39. The van der Waals surface area contributed by atoms with Crippen molar-refractivity contribution in [2.75, 3.05) is 13.2 Å². The molecule has 5 nitrogen and oxygen atoms in total. The van der Waals surface area contributed by atoms with Gasteiger partial charge >= 0.3 is 0 Å². The second-order valence-electron chi connectivity index (χ2n) is 4.07. The molecule has 0 aliphatic rings. The molecular weight excluding hydrogens is 232 g/mol. The Morgan fingerprint density at radius 2 is 1.89 bits per heavy atom. The van der Waals surface area contributed by atoms with Crippen molar-refractivity contribution < 1.29 is 9.66 Å². The number of hydrogen-bond acceptors (Lipinski definition) is 4. The first-order valence-corrected chi connectivity index (χ1v) is 6.28. The quantitative estimate of drug-likeness (QED) is 0.439. The highest BCUT2D eigenvalue weighted by atomic mass is 16.6. The van der Waals surface area contributed by atoms with E-state index in [4.69, 9.17) is 4.74 Å². The summed E-state index contributed by atoms with van der Waals surface area (Å²) in [7, 11) is 0. The van der Waals surface area contributed by atoms with Crippen LogP contribution in [0.1, 0.15) is 26.7 Å². The third kappa shape index (κ3) is 4.71. The third-order valence-electron chi connectivity index (χ3n) is 2.84. The Balaban J connectivity index is 2.29. The van der Waals surface area contributed by atoms with Gasteiger partial charge in [-0.1, -0.05) is 13.8 Å². The monoisotopic (exact) mass is 252 g/mol. The van der Waals surface area contributed by atoms with Crippen LogP contribution in [0, 0.1) is 10.1 Å². The molecule has 1 rings (SSSR count). The van der Waals surface area contributed by atoms with Gasteiger partial charge in [0.25, 0.3) is 5.69 Å². The Morgan fingerprint density at radius 3 is 2.39 bits per heavy atom. The molecule has 0 radical (unpaired) electrons. The first-order valence-electron chi connectivity index (χ1n) is 6.28. The van der Waals surface area contributed by atoms with Crippen LogP contribution >= 0.6 is 0 Å². The largest absolute Gasteiger partial charge is 0.492 e. The molecule has 0 heterocycles. The van der Waals surface area contributed by atoms with Gasteiger partial charge in [-0.05, 0) is 25.0 Å². The maximum Gasteiger partial charge on any atom is 0.269 e. The van der Waals surface area contributed by atoms with Gasteiger partial charge < -0.3 is 10.1 Å². The second-order valence-corrected chi connectivity index (χ2v) is 4.07. The molecule has 1 aromatic carbocycles. The first kappa shape index (κ1) is 14.4. The van der Waals surface area contributed by atoms with Gasteiger partial charge in [-0.2, -0.15) is 0 Å². The average molecular weight is 252 g/mol. The van der Waals surface area contributed by atoms with E-state index in [9.17, 15) is 10.1 Å². The van der Waals surface area contributed by atoms with Gasteiger partial charge in [0, 0.05) is 24.7 Å². The number of rotatable bonds is 8. The Morgan fingerprint density at radius 1 is 1.28 bits per heavy atom. The lowest BCUT2D eigenvalue weighted by Crippen LogP contribution is -2.31. The lowest BCUT2D eigenvalue weighted by molar-refractivity contribution is -0.384. The smallest absolute Gasteiger partial charge is 0.269 e. The van der Waals surface area contributed by atoms with Gasteiger partial charge in [0.05, 0.1) is 4.92 Å². The normalized spacial score (nSPS) is 10.6. The number of nitro groups is 1. The Bertz CT molecular complexity index is 361. The Labute approximate surface area is 107 Å². The van der Waals surface area contributed by atoms with E-state index in [1.807, 2.05) is 0 Å². The van der Waals surface area contributed by atoms with Crippen molar-refractivity contribution in [3.63, 3.8) is 0 Å². The minimum Gasteiger partial charge on any atom is -0.492 e.